The maximum Gasteiger partial charge on any atom is 0.364 e. The number of ether oxygens (including phenoxy) is 4. The Morgan fingerprint density at radius 2 is 1.75 bits per heavy atom. The van der Waals surface area contributed by atoms with E-state index in [0.717, 1.165) is 5.57 Å². The Labute approximate surface area is 329 Å². The van der Waals surface area contributed by atoms with Crippen molar-refractivity contribution in [3.8, 4) is 0 Å². The molecule has 2 aliphatic heterocycles. The second-order valence-corrected chi connectivity index (χ2v) is 17.4. The zero-order valence-corrected chi connectivity index (χ0v) is 32.4. The Morgan fingerprint density at radius 1 is 1.05 bits per heavy atom. The number of aliphatic hydroxyl groups is 8. The van der Waals surface area contributed by atoms with Crippen LogP contribution in [0.3, 0.4) is 0 Å². The van der Waals surface area contributed by atoms with Crippen LogP contribution in [0.5, 0.6) is 0 Å². The zero-order chi connectivity index (χ0) is 42.0. The number of fused-ring (bicyclic) bond motifs is 5. The van der Waals surface area contributed by atoms with Crippen molar-refractivity contribution in [3.05, 3.63) is 23.8 Å². The molecular formula is C38H57N3O16. The van der Waals surface area contributed by atoms with Gasteiger partial charge in [0.05, 0.1) is 31.5 Å². The summed E-state index contributed by atoms with van der Waals surface area (Å²) in [6, 6.07) is 0. The molecule has 0 bridgehead atoms. The molecule has 0 radical (unpaired) electrons. The molecule has 0 aromatic heterocycles. The van der Waals surface area contributed by atoms with E-state index < -0.39 is 133 Å². The van der Waals surface area contributed by atoms with Gasteiger partial charge in [0, 0.05) is 29.1 Å². The molecule has 19 heteroatoms. The number of hydrogen-bond donors (Lipinski definition) is 10. The van der Waals surface area contributed by atoms with Gasteiger partial charge in [-0.15, -0.1) is 0 Å². The Morgan fingerprint density at radius 3 is 2.42 bits per heavy atom. The van der Waals surface area contributed by atoms with Crippen LogP contribution in [0.4, 0.5) is 0 Å². The van der Waals surface area contributed by atoms with Crippen molar-refractivity contribution in [1.82, 2.24) is 0 Å². The van der Waals surface area contributed by atoms with E-state index in [9.17, 15) is 60.3 Å². The predicted molar refractivity (Wildman–Crippen MR) is 192 cm³/mol. The highest BCUT2D eigenvalue weighted by Crippen LogP contribution is 2.68. The average molecular weight is 812 g/mol. The molecule has 15 unspecified atom stereocenters. The first kappa shape index (κ1) is 43.8. The number of carbonyl (C=O) groups excluding carboxylic acids is 2. The van der Waals surface area contributed by atoms with Crippen LogP contribution < -0.4 is 5.84 Å². The van der Waals surface area contributed by atoms with Crippen molar-refractivity contribution in [3.63, 3.8) is 0 Å². The summed E-state index contributed by atoms with van der Waals surface area (Å²) < 4.78 is 22.7. The standard InChI is InChI=1S/C38H57N3O16/c1-16-9-21-20-6-5-18-10-19(42)7-8-35(18,3)27(20)23(44)11-36(21,4)38(16,53)26(46)15-54-33-31(50)30(49)29(48)25(56-33)14-55-37(34(51)52)12-22(43)17(2)32(57-37)28(47)24(45)13-40-41-39/h7-8,10,16-17,20-25,27-33,43-45,47-50,53H,5-6,9,11-15H2,1-4H3,(H2,39,40)(H,51,52)/t16?,17?,20?,21?,22?,23?,24?,25?,27?,28?,29?,30-,31?,32-,33-,35?,36?,37-,38?/m1/s1. The van der Waals surface area contributed by atoms with Crippen LogP contribution in [-0.2, 0) is 33.3 Å². The van der Waals surface area contributed by atoms with Gasteiger partial charge in [0.15, 0.2) is 17.9 Å². The van der Waals surface area contributed by atoms with Crippen molar-refractivity contribution in [2.45, 2.75) is 132 Å². The quantitative estimate of drug-likeness (QED) is 0.0594. The number of carbonyl (C=O) groups is 3. The van der Waals surface area contributed by atoms with Gasteiger partial charge in [0.1, 0.15) is 48.8 Å². The number of ketones is 2. The monoisotopic (exact) mass is 811 g/mol. The highest BCUT2D eigenvalue weighted by atomic mass is 16.7. The summed E-state index contributed by atoms with van der Waals surface area (Å²) in [6.07, 6.45) is -10.1. The third kappa shape index (κ3) is 7.20. The van der Waals surface area contributed by atoms with Gasteiger partial charge in [-0.3, -0.25) is 9.59 Å². The van der Waals surface area contributed by atoms with Gasteiger partial charge in [-0.25, -0.2) is 4.79 Å². The fraction of sp³-hybridized carbons (Fsp3) is 0.816. The second kappa shape index (κ2) is 16.0. The van der Waals surface area contributed by atoms with E-state index in [1.807, 2.05) is 13.0 Å². The highest BCUT2D eigenvalue weighted by molar-refractivity contribution is 6.01. The van der Waals surface area contributed by atoms with Gasteiger partial charge >= 0.3 is 5.97 Å². The van der Waals surface area contributed by atoms with E-state index in [2.05, 4.69) is 10.3 Å². The summed E-state index contributed by atoms with van der Waals surface area (Å²) in [5.41, 5.74) is -2.65. The van der Waals surface area contributed by atoms with Crippen LogP contribution in [0.1, 0.15) is 59.8 Å². The molecule has 3 saturated carbocycles. The van der Waals surface area contributed by atoms with Crippen LogP contribution in [0.2, 0.25) is 0 Å². The molecule has 2 heterocycles. The summed E-state index contributed by atoms with van der Waals surface area (Å²) in [4.78, 5) is 38.9. The number of aliphatic carboxylic acids is 1. The van der Waals surface area contributed by atoms with E-state index in [-0.39, 0.29) is 30.0 Å². The minimum absolute atomic E-state index is 0.0670. The number of allylic oxidation sites excluding steroid dienone is 4. The topological polar surface area (TPSA) is 321 Å². The Balaban J connectivity index is 1.14. The summed E-state index contributed by atoms with van der Waals surface area (Å²) >= 11 is 0. The average Bonchev–Trinajstić information content (AvgIpc) is 3.37. The SMILES string of the molecule is CC1C(O)C[C@](OCC2O[C@@H](OCC(=O)C3(O)C(C)CC4C5CCC6=CC(=O)C=CC6(C)C5C(O)CC43C)C(O)[C@H](O)C2O)(C(=O)O)O[C@H]1C(O)C(O)CN=NN. The summed E-state index contributed by atoms with van der Waals surface area (Å²) in [7, 11) is 0. The molecule has 2 saturated heterocycles. The number of aliphatic hydroxyl groups excluding tert-OH is 7. The van der Waals surface area contributed by atoms with Gasteiger partial charge in [0.2, 0.25) is 0 Å². The molecule has 0 aromatic carbocycles. The van der Waals surface area contributed by atoms with E-state index in [4.69, 9.17) is 24.8 Å². The van der Waals surface area contributed by atoms with Gasteiger partial charge < -0.3 is 70.7 Å². The largest absolute Gasteiger partial charge is 0.477 e. The fourth-order valence-electron chi connectivity index (χ4n) is 11.1. The fourth-order valence-corrected chi connectivity index (χ4v) is 11.1. The molecule has 57 heavy (non-hydrogen) atoms. The third-order valence-corrected chi connectivity index (χ3v) is 14.4. The summed E-state index contributed by atoms with van der Waals surface area (Å²) in [5.74, 6) is -2.21. The minimum Gasteiger partial charge on any atom is -0.477 e. The normalized spacial score (nSPS) is 48.1. The third-order valence-electron chi connectivity index (χ3n) is 14.4. The van der Waals surface area contributed by atoms with Gasteiger partial charge in [-0.2, -0.15) is 5.11 Å². The zero-order valence-electron chi connectivity index (χ0n) is 32.4. The van der Waals surface area contributed by atoms with Crippen molar-refractivity contribution >= 4 is 17.5 Å². The lowest BCUT2D eigenvalue weighted by Crippen LogP contribution is -2.64. The number of carboxylic acids is 1. The molecule has 19 atom stereocenters. The molecule has 0 aromatic rings. The highest BCUT2D eigenvalue weighted by Gasteiger charge is 2.70. The van der Waals surface area contributed by atoms with E-state index in [0.29, 0.717) is 19.3 Å². The molecule has 0 spiro atoms. The number of rotatable bonds is 12. The Hall–Kier alpha value is -2.79. The van der Waals surface area contributed by atoms with E-state index >= 15 is 0 Å². The Bertz CT molecular complexity index is 1650. The van der Waals surface area contributed by atoms with E-state index in [1.54, 1.807) is 19.9 Å². The molecule has 4 aliphatic carbocycles. The van der Waals surface area contributed by atoms with Crippen LogP contribution in [0.25, 0.3) is 0 Å². The van der Waals surface area contributed by atoms with E-state index in [1.165, 1.54) is 13.0 Å². The van der Waals surface area contributed by atoms with Crippen LogP contribution in [-0.4, -0.2) is 156 Å². The summed E-state index contributed by atoms with van der Waals surface area (Å²) in [5, 5.41) is 105. The van der Waals surface area contributed by atoms with Crippen molar-refractivity contribution < 1.29 is 79.3 Å². The number of nitrogens with zero attached hydrogens (tertiary/aromatic N) is 2. The maximum atomic E-state index is 14.2. The first-order valence-corrected chi connectivity index (χ1v) is 19.5. The molecule has 320 valence electrons. The minimum atomic E-state index is -2.65. The summed E-state index contributed by atoms with van der Waals surface area (Å²) in [6.45, 7) is 4.92. The van der Waals surface area contributed by atoms with Gasteiger partial charge in [-0.05, 0) is 55.6 Å². The predicted octanol–water partition coefficient (Wildman–Crippen LogP) is -1.73. The van der Waals surface area contributed by atoms with Crippen LogP contribution in [0, 0.1) is 40.4 Å². The maximum absolute atomic E-state index is 14.2. The van der Waals surface area contributed by atoms with Crippen molar-refractivity contribution in [2.24, 2.45) is 56.6 Å². The van der Waals surface area contributed by atoms with Gasteiger partial charge in [0.25, 0.3) is 5.79 Å². The first-order chi connectivity index (χ1) is 26.7. The molecular weight excluding hydrogens is 754 g/mol. The Kier molecular flexibility index (Phi) is 12.3. The second-order valence-electron chi connectivity index (χ2n) is 17.4. The molecule has 5 fully saturated rings. The lowest BCUT2D eigenvalue weighted by atomic mass is 9.46. The first-order valence-electron chi connectivity index (χ1n) is 19.5. The van der Waals surface area contributed by atoms with Crippen molar-refractivity contribution in [1.29, 1.82) is 0 Å². The molecule has 0 amide bonds. The lowest BCUT2D eigenvalue weighted by Gasteiger charge is -2.59. The molecule has 11 N–H and O–H groups in total. The van der Waals surface area contributed by atoms with Crippen LogP contribution in [0.15, 0.2) is 34.1 Å². The lowest BCUT2D eigenvalue weighted by molar-refractivity contribution is -0.341. The molecule has 6 rings (SSSR count). The molecule has 19 nitrogen and oxygen atoms in total. The van der Waals surface area contributed by atoms with Gasteiger partial charge in [-0.1, -0.05) is 44.6 Å². The molecule has 6 aliphatic rings. The number of nitrogens with two attached hydrogens (primary N) is 1. The number of hydrogen-bond acceptors (Lipinski definition) is 17. The smallest absolute Gasteiger partial charge is 0.364 e. The van der Waals surface area contributed by atoms with Crippen LogP contribution >= 0.6 is 0 Å². The van der Waals surface area contributed by atoms with Crippen molar-refractivity contribution in [2.75, 3.05) is 19.8 Å². The number of Topliss-reactive ketones (excluding diaryl/α,β-unsaturated/α-hetero) is 1. The number of carboxylic acid groups (broad SMARTS) is 1.